The van der Waals surface area contributed by atoms with Crippen LogP contribution in [0.25, 0.3) is 10.9 Å². The van der Waals surface area contributed by atoms with Gasteiger partial charge in [-0.25, -0.2) is 8.42 Å². The third kappa shape index (κ3) is 2.50. The fourth-order valence-electron chi connectivity index (χ4n) is 4.40. The largest absolute Gasteiger partial charge is 0.394 e. The Kier molecular flexibility index (Phi) is 3.84. The average Bonchev–Trinajstić information content (AvgIpc) is 3.32. The molecule has 3 aliphatic rings. The first-order valence-electron chi connectivity index (χ1n) is 8.99. The van der Waals surface area contributed by atoms with E-state index < -0.39 is 9.84 Å². The second-order valence-corrected chi connectivity index (χ2v) is 10.5. The summed E-state index contributed by atoms with van der Waals surface area (Å²) in [6.07, 6.45) is 2.57. The van der Waals surface area contributed by atoms with Crippen LogP contribution in [-0.4, -0.2) is 52.8 Å². The van der Waals surface area contributed by atoms with Crippen LogP contribution in [0.2, 0.25) is 0 Å². The van der Waals surface area contributed by atoms with E-state index in [2.05, 4.69) is 10.3 Å². The van der Waals surface area contributed by atoms with Crippen molar-refractivity contribution in [1.29, 1.82) is 0 Å². The molecule has 26 heavy (non-hydrogen) atoms. The van der Waals surface area contributed by atoms with Crippen molar-refractivity contribution < 1.29 is 13.5 Å². The maximum Gasteiger partial charge on any atom is 0.173 e. The van der Waals surface area contributed by atoms with E-state index in [1.54, 1.807) is 11.8 Å². The highest BCUT2D eigenvalue weighted by Gasteiger charge is 2.40. The van der Waals surface area contributed by atoms with Crippen LogP contribution < -0.4 is 5.32 Å². The number of sulfone groups is 1. The minimum atomic E-state index is -3.26. The number of nitrogens with one attached hydrogen (secondary N) is 1. The standard InChI is InChI=1S/C18H21N3O3S2/c22-8-12-9-25-18(19-12)15-7-11-3-1-5-14-17(11)21(15)10-26(23,24)16-6-2-4-13(16)20-14/h1,3,5,7,12-13,16,20,22H,2,4,6,8-10H2. The van der Waals surface area contributed by atoms with Crippen LogP contribution in [0.1, 0.15) is 25.0 Å². The van der Waals surface area contributed by atoms with Gasteiger partial charge in [-0.05, 0) is 31.4 Å². The van der Waals surface area contributed by atoms with Gasteiger partial charge in [-0.1, -0.05) is 12.1 Å². The molecular formula is C18H21N3O3S2. The van der Waals surface area contributed by atoms with E-state index in [9.17, 15) is 13.5 Å². The summed E-state index contributed by atoms with van der Waals surface area (Å²) in [5, 5.41) is 14.4. The molecule has 8 heteroatoms. The van der Waals surface area contributed by atoms with Gasteiger partial charge in [0.2, 0.25) is 0 Å². The summed E-state index contributed by atoms with van der Waals surface area (Å²) in [4.78, 5) is 4.60. The Balaban J connectivity index is 1.73. The number of fused-ring (bicyclic) bond motifs is 1. The van der Waals surface area contributed by atoms with Gasteiger partial charge in [0.25, 0.3) is 0 Å². The number of aromatic nitrogens is 1. The lowest BCUT2D eigenvalue weighted by atomic mass is 10.2. The lowest BCUT2D eigenvalue weighted by Gasteiger charge is -2.27. The fourth-order valence-corrected chi connectivity index (χ4v) is 7.52. The van der Waals surface area contributed by atoms with Crippen molar-refractivity contribution in [2.75, 3.05) is 17.7 Å². The predicted octanol–water partition coefficient (Wildman–Crippen LogP) is 2.21. The molecule has 1 aliphatic carbocycles. The molecule has 0 bridgehead atoms. The molecule has 6 nitrogen and oxygen atoms in total. The summed E-state index contributed by atoms with van der Waals surface area (Å²) in [6.45, 7) is 0.0194. The minimum absolute atomic E-state index is 0.00490. The molecule has 0 spiro atoms. The number of benzene rings is 1. The number of nitrogens with zero attached hydrogens (tertiary/aromatic N) is 2. The molecule has 5 rings (SSSR count). The fraction of sp³-hybridized carbons (Fsp3) is 0.500. The smallest absolute Gasteiger partial charge is 0.173 e. The van der Waals surface area contributed by atoms with Gasteiger partial charge in [-0.15, -0.1) is 11.8 Å². The van der Waals surface area contributed by atoms with E-state index in [1.165, 1.54) is 0 Å². The molecule has 2 N–H and O–H groups in total. The summed E-state index contributed by atoms with van der Waals surface area (Å²) in [7, 11) is -3.26. The van der Waals surface area contributed by atoms with E-state index in [0.29, 0.717) is 0 Å². The Labute approximate surface area is 156 Å². The van der Waals surface area contributed by atoms with Crippen LogP contribution in [0.15, 0.2) is 29.3 Å². The van der Waals surface area contributed by atoms with E-state index in [1.807, 2.05) is 28.8 Å². The SMILES string of the molecule is O=S1(=O)Cn2c(C3=NC(CO)CS3)cc3cccc(c32)NC2CCCC21. The van der Waals surface area contributed by atoms with Gasteiger partial charge in [0.1, 0.15) is 10.9 Å². The van der Waals surface area contributed by atoms with Gasteiger partial charge in [-0.3, -0.25) is 4.99 Å². The number of para-hydroxylation sites is 1. The number of thioether (sulfide) groups is 1. The van der Waals surface area contributed by atoms with E-state index in [-0.39, 0.29) is 29.8 Å². The lowest BCUT2D eigenvalue weighted by molar-refractivity contribution is 0.277. The molecule has 1 aromatic heterocycles. The van der Waals surface area contributed by atoms with E-state index >= 15 is 0 Å². The molecule has 1 saturated carbocycles. The minimum Gasteiger partial charge on any atom is -0.394 e. The van der Waals surface area contributed by atoms with Crippen LogP contribution in [0.4, 0.5) is 5.69 Å². The van der Waals surface area contributed by atoms with Crippen molar-refractivity contribution in [3.8, 4) is 0 Å². The monoisotopic (exact) mass is 391 g/mol. The van der Waals surface area contributed by atoms with Gasteiger partial charge >= 0.3 is 0 Å². The first-order valence-corrected chi connectivity index (χ1v) is 11.7. The molecule has 3 unspecified atom stereocenters. The number of aliphatic hydroxyl groups is 1. The zero-order chi connectivity index (χ0) is 17.9. The van der Waals surface area contributed by atoms with Gasteiger partial charge in [-0.2, -0.15) is 0 Å². The summed E-state index contributed by atoms with van der Waals surface area (Å²) in [5.41, 5.74) is 2.78. The maximum atomic E-state index is 13.1. The lowest BCUT2D eigenvalue weighted by Crippen LogP contribution is -2.38. The molecule has 2 aliphatic heterocycles. The van der Waals surface area contributed by atoms with Gasteiger partial charge in [0.15, 0.2) is 9.84 Å². The number of aliphatic imine (C=N–C) groups is 1. The number of hydrogen-bond acceptors (Lipinski definition) is 6. The molecule has 2 aromatic rings. The van der Waals surface area contributed by atoms with Crippen LogP contribution in [0, 0.1) is 0 Å². The topological polar surface area (TPSA) is 83.7 Å². The van der Waals surface area contributed by atoms with Gasteiger partial charge < -0.3 is 15.0 Å². The third-order valence-electron chi connectivity index (χ3n) is 5.63. The number of hydrogen-bond donors (Lipinski definition) is 2. The van der Waals surface area contributed by atoms with Crippen molar-refractivity contribution in [3.63, 3.8) is 0 Å². The van der Waals surface area contributed by atoms with Crippen molar-refractivity contribution >= 4 is 43.2 Å². The zero-order valence-electron chi connectivity index (χ0n) is 14.3. The second-order valence-electron chi connectivity index (χ2n) is 7.29. The quantitative estimate of drug-likeness (QED) is 0.820. The van der Waals surface area contributed by atoms with Crippen molar-refractivity contribution in [3.05, 3.63) is 30.0 Å². The second kappa shape index (κ2) is 6.00. The van der Waals surface area contributed by atoms with Crippen LogP contribution in [0.3, 0.4) is 0 Å². The van der Waals surface area contributed by atoms with Gasteiger partial charge in [0.05, 0.1) is 34.8 Å². The highest BCUT2D eigenvalue weighted by Crippen LogP contribution is 2.38. The van der Waals surface area contributed by atoms with Crippen molar-refractivity contribution in [2.45, 2.75) is 42.5 Å². The molecule has 0 amide bonds. The van der Waals surface area contributed by atoms with Crippen LogP contribution in [-0.2, 0) is 15.7 Å². The van der Waals surface area contributed by atoms with Crippen molar-refractivity contribution in [1.82, 2.24) is 4.57 Å². The number of rotatable bonds is 2. The molecule has 138 valence electrons. The summed E-state index contributed by atoms with van der Waals surface area (Å²) < 4.78 is 28.2. The Hall–Kier alpha value is -1.51. The first-order chi connectivity index (χ1) is 12.6. The summed E-state index contributed by atoms with van der Waals surface area (Å²) in [5.74, 6) is 0.727. The first kappa shape index (κ1) is 16.6. The molecule has 0 saturated heterocycles. The molecule has 1 aromatic carbocycles. The summed E-state index contributed by atoms with van der Waals surface area (Å²) in [6, 6.07) is 7.99. The average molecular weight is 392 g/mol. The van der Waals surface area contributed by atoms with E-state index in [0.717, 1.165) is 52.3 Å². The highest BCUT2D eigenvalue weighted by atomic mass is 32.2. The number of anilines is 1. The van der Waals surface area contributed by atoms with Crippen LogP contribution in [0.5, 0.6) is 0 Å². The molecular weight excluding hydrogens is 370 g/mol. The third-order valence-corrected chi connectivity index (χ3v) is 8.87. The van der Waals surface area contributed by atoms with Crippen molar-refractivity contribution in [2.24, 2.45) is 4.99 Å². The molecule has 3 atom stereocenters. The number of aliphatic hydroxyl groups excluding tert-OH is 1. The normalized spacial score (nSPS) is 29.7. The predicted molar refractivity (Wildman–Crippen MR) is 106 cm³/mol. The van der Waals surface area contributed by atoms with Gasteiger partial charge in [0, 0.05) is 17.2 Å². The molecule has 3 heterocycles. The molecule has 1 fully saturated rings. The Bertz CT molecular complexity index is 1010. The summed E-state index contributed by atoms with van der Waals surface area (Å²) >= 11 is 1.59. The van der Waals surface area contributed by atoms with E-state index in [4.69, 9.17) is 0 Å². The zero-order valence-corrected chi connectivity index (χ0v) is 15.9. The Morgan fingerprint density at radius 2 is 2.23 bits per heavy atom. The van der Waals surface area contributed by atoms with Crippen LogP contribution >= 0.6 is 11.8 Å². The Morgan fingerprint density at radius 1 is 1.35 bits per heavy atom. The molecule has 0 radical (unpaired) electrons. The maximum absolute atomic E-state index is 13.1. The Morgan fingerprint density at radius 3 is 3.04 bits per heavy atom. The highest BCUT2D eigenvalue weighted by molar-refractivity contribution is 8.14.